The summed E-state index contributed by atoms with van der Waals surface area (Å²) in [4.78, 5) is 22.8. The molecule has 0 bridgehead atoms. The minimum atomic E-state index is -0.912. The van der Waals surface area contributed by atoms with Gasteiger partial charge in [-0.1, -0.05) is 11.8 Å². The first-order chi connectivity index (χ1) is 5.16. The molecule has 0 radical (unpaired) electrons. The lowest BCUT2D eigenvalue weighted by molar-refractivity contribution is -0.140. The van der Waals surface area contributed by atoms with Crippen molar-refractivity contribution in [3.8, 4) is 0 Å². The molecule has 0 aromatic heterocycles. The zero-order valence-electron chi connectivity index (χ0n) is 6.11. The topological polar surface area (TPSA) is 57.6 Å². The van der Waals surface area contributed by atoms with Crippen molar-refractivity contribution in [1.29, 1.82) is 0 Å². The number of carbonyl (C=O) groups is 2. The van der Waals surface area contributed by atoms with Gasteiger partial charge < -0.3 is 10.0 Å². The Hall–Kier alpha value is -0.710. The maximum Gasteiger partial charge on any atom is 0.327 e. The average molecular weight is 175 g/mol. The number of nitrogens with zero attached hydrogens (tertiary/aromatic N) is 1. The summed E-state index contributed by atoms with van der Waals surface area (Å²) in [6.07, 6.45) is 0. The van der Waals surface area contributed by atoms with Crippen LogP contribution in [0.5, 0.6) is 0 Å². The summed E-state index contributed by atoms with van der Waals surface area (Å²) in [5.41, 5.74) is 0. The van der Waals surface area contributed by atoms with E-state index in [4.69, 9.17) is 5.11 Å². The van der Waals surface area contributed by atoms with E-state index >= 15 is 0 Å². The molecule has 1 N–H and O–H groups in total. The molecule has 1 aliphatic rings. The molecule has 0 saturated carbocycles. The Balaban J connectivity index is 2.68. The van der Waals surface area contributed by atoms with E-state index in [-0.39, 0.29) is 5.24 Å². The van der Waals surface area contributed by atoms with Crippen LogP contribution in [0.3, 0.4) is 0 Å². The summed E-state index contributed by atoms with van der Waals surface area (Å²) in [6, 6.07) is -0.613. The zero-order chi connectivity index (χ0) is 8.43. The van der Waals surface area contributed by atoms with Crippen LogP contribution in [0.4, 0.5) is 4.79 Å². The first-order valence-electron chi connectivity index (χ1n) is 3.33. The number of hydrogen-bond acceptors (Lipinski definition) is 3. The number of hydrogen-bond donors (Lipinski definition) is 1. The van der Waals surface area contributed by atoms with Gasteiger partial charge in [0.1, 0.15) is 6.04 Å². The van der Waals surface area contributed by atoms with Gasteiger partial charge in [-0.3, -0.25) is 4.79 Å². The van der Waals surface area contributed by atoms with Crippen LogP contribution in [0.25, 0.3) is 0 Å². The molecule has 1 saturated heterocycles. The standard InChI is InChI=1S/C6H9NO3S/c1-2-7-4(5(8)9)3-11-6(7)10/h4H,2-3H2,1H3,(H,8,9)/t4-/m0/s1. The Labute approximate surface area is 68.6 Å². The molecule has 0 aromatic rings. The molecule has 0 aromatic carbocycles. The van der Waals surface area contributed by atoms with Crippen LogP contribution >= 0.6 is 11.8 Å². The zero-order valence-corrected chi connectivity index (χ0v) is 6.93. The van der Waals surface area contributed by atoms with E-state index in [0.29, 0.717) is 12.3 Å². The number of rotatable bonds is 2. The van der Waals surface area contributed by atoms with Crippen molar-refractivity contribution in [3.05, 3.63) is 0 Å². The van der Waals surface area contributed by atoms with E-state index in [2.05, 4.69) is 0 Å². The van der Waals surface area contributed by atoms with Gasteiger partial charge >= 0.3 is 5.97 Å². The Morgan fingerprint density at radius 1 is 1.91 bits per heavy atom. The molecule has 1 rings (SSSR count). The molecular formula is C6H9NO3S. The number of carbonyl (C=O) groups excluding carboxylic acids is 1. The van der Waals surface area contributed by atoms with E-state index in [1.165, 1.54) is 4.90 Å². The molecule has 0 aliphatic carbocycles. The third-order valence-electron chi connectivity index (χ3n) is 1.60. The first-order valence-corrected chi connectivity index (χ1v) is 4.31. The van der Waals surface area contributed by atoms with Crippen molar-refractivity contribution in [1.82, 2.24) is 4.90 Å². The van der Waals surface area contributed by atoms with Gasteiger partial charge in [-0.05, 0) is 6.92 Å². The molecule has 4 nitrogen and oxygen atoms in total. The maximum absolute atomic E-state index is 10.9. The second-order valence-corrected chi connectivity index (χ2v) is 3.19. The van der Waals surface area contributed by atoms with E-state index in [1.54, 1.807) is 6.92 Å². The van der Waals surface area contributed by atoms with Crippen LogP contribution in [0.2, 0.25) is 0 Å². The van der Waals surface area contributed by atoms with Gasteiger partial charge in [-0.2, -0.15) is 0 Å². The van der Waals surface area contributed by atoms with Crippen LogP contribution in [-0.2, 0) is 4.79 Å². The van der Waals surface area contributed by atoms with Crippen molar-refractivity contribution < 1.29 is 14.7 Å². The highest BCUT2D eigenvalue weighted by Gasteiger charge is 2.35. The highest BCUT2D eigenvalue weighted by molar-refractivity contribution is 8.13. The Morgan fingerprint density at radius 2 is 2.55 bits per heavy atom. The summed E-state index contributed by atoms with van der Waals surface area (Å²) >= 11 is 1.07. The fourth-order valence-corrected chi connectivity index (χ4v) is 2.05. The summed E-state index contributed by atoms with van der Waals surface area (Å²) in [5, 5.41) is 8.50. The Morgan fingerprint density at radius 3 is 2.91 bits per heavy atom. The third kappa shape index (κ3) is 1.48. The van der Waals surface area contributed by atoms with E-state index < -0.39 is 12.0 Å². The number of thioether (sulfide) groups is 1. The lowest BCUT2D eigenvalue weighted by Crippen LogP contribution is -2.38. The molecule has 62 valence electrons. The minimum absolute atomic E-state index is 0.125. The Bertz CT molecular complexity index is 194. The molecule has 1 atom stereocenters. The number of aliphatic carboxylic acids is 1. The van der Waals surface area contributed by atoms with Gasteiger partial charge in [0.25, 0.3) is 5.24 Å². The Kier molecular flexibility index (Phi) is 2.38. The molecule has 1 amide bonds. The summed E-state index contributed by atoms with van der Waals surface area (Å²) in [6.45, 7) is 2.25. The van der Waals surface area contributed by atoms with E-state index in [0.717, 1.165) is 11.8 Å². The minimum Gasteiger partial charge on any atom is -0.480 e. The third-order valence-corrected chi connectivity index (χ3v) is 2.57. The predicted octanol–water partition coefficient (Wildman–Crippen LogP) is 0.628. The summed E-state index contributed by atoms with van der Waals surface area (Å²) in [7, 11) is 0. The van der Waals surface area contributed by atoms with Crippen molar-refractivity contribution in [2.24, 2.45) is 0 Å². The second-order valence-electron chi connectivity index (χ2n) is 2.22. The van der Waals surface area contributed by atoms with Gasteiger partial charge in [0.2, 0.25) is 0 Å². The fraction of sp³-hybridized carbons (Fsp3) is 0.667. The molecule has 0 spiro atoms. The molecule has 1 fully saturated rings. The molecular weight excluding hydrogens is 166 g/mol. The molecule has 5 heteroatoms. The van der Waals surface area contributed by atoms with Crippen LogP contribution < -0.4 is 0 Å². The average Bonchev–Trinajstić information content (AvgIpc) is 2.30. The van der Waals surface area contributed by atoms with Crippen LogP contribution in [-0.4, -0.2) is 39.6 Å². The van der Waals surface area contributed by atoms with Crippen molar-refractivity contribution >= 4 is 23.0 Å². The first kappa shape index (κ1) is 8.39. The normalized spacial score (nSPS) is 24.3. The maximum atomic E-state index is 10.9. The quantitative estimate of drug-likeness (QED) is 0.668. The largest absolute Gasteiger partial charge is 0.480 e. The summed E-state index contributed by atoms with van der Waals surface area (Å²) in [5.74, 6) is -0.535. The molecule has 1 aliphatic heterocycles. The molecule has 11 heavy (non-hydrogen) atoms. The van der Waals surface area contributed by atoms with Gasteiger partial charge in [0.05, 0.1) is 0 Å². The highest BCUT2D eigenvalue weighted by Crippen LogP contribution is 2.23. The van der Waals surface area contributed by atoms with Crippen LogP contribution in [0.15, 0.2) is 0 Å². The summed E-state index contributed by atoms with van der Waals surface area (Å²) < 4.78 is 0. The lowest BCUT2D eigenvalue weighted by Gasteiger charge is -2.17. The lowest BCUT2D eigenvalue weighted by atomic mass is 10.3. The molecule has 0 unspecified atom stereocenters. The van der Waals surface area contributed by atoms with Crippen LogP contribution in [0, 0.1) is 0 Å². The number of likely N-dealkylation sites (N-methyl/N-ethyl adjacent to an activating group) is 1. The van der Waals surface area contributed by atoms with Gasteiger partial charge in [0, 0.05) is 12.3 Å². The van der Waals surface area contributed by atoms with Gasteiger partial charge in [0.15, 0.2) is 0 Å². The van der Waals surface area contributed by atoms with Crippen molar-refractivity contribution in [2.45, 2.75) is 13.0 Å². The smallest absolute Gasteiger partial charge is 0.327 e. The van der Waals surface area contributed by atoms with Gasteiger partial charge in [-0.25, -0.2) is 4.79 Å². The second kappa shape index (κ2) is 3.13. The van der Waals surface area contributed by atoms with E-state index in [9.17, 15) is 9.59 Å². The predicted molar refractivity (Wildman–Crippen MR) is 41.7 cm³/mol. The molecule has 1 heterocycles. The SMILES string of the molecule is CCN1C(=O)SC[C@H]1C(=O)O. The monoisotopic (exact) mass is 175 g/mol. The van der Waals surface area contributed by atoms with Crippen molar-refractivity contribution in [2.75, 3.05) is 12.3 Å². The number of carboxylic acids is 1. The van der Waals surface area contributed by atoms with E-state index in [1.807, 2.05) is 0 Å². The van der Waals surface area contributed by atoms with Crippen molar-refractivity contribution in [3.63, 3.8) is 0 Å². The number of amides is 1. The highest BCUT2D eigenvalue weighted by atomic mass is 32.2. The fourth-order valence-electron chi connectivity index (χ4n) is 1.00. The number of carboxylic acid groups (broad SMARTS) is 1. The van der Waals surface area contributed by atoms with Gasteiger partial charge in [-0.15, -0.1) is 0 Å². The van der Waals surface area contributed by atoms with Crippen LogP contribution in [0.1, 0.15) is 6.92 Å².